The van der Waals surface area contributed by atoms with Gasteiger partial charge in [0.05, 0.1) is 5.56 Å². The zero-order valence-electron chi connectivity index (χ0n) is 30.4. The van der Waals surface area contributed by atoms with E-state index in [0.29, 0.717) is 17.9 Å². The van der Waals surface area contributed by atoms with Crippen molar-refractivity contribution in [3.05, 3.63) is 115 Å². The molecule has 0 heterocycles. The van der Waals surface area contributed by atoms with Gasteiger partial charge in [-0.1, -0.05) is 86.8 Å². The molecular weight excluding hydrogens is 719 g/mol. The summed E-state index contributed by atoms with van der Waals surface area (Å²) in [6, 6.07) is 28.2. The van der Waals surface area contributed by atoms with Crippen molar-refractivity contribution < 1.29 is 38.5 Å². The first kappa shape index (κ1) is 43.4. The van der Waals surface area contributed by atoms with Crippen molar-refractivity contribution >= 4 is 64.6 Å². The molecule has 1 atom stereocenters. The van der Waals surface area contributed by atoms with Crippen LogP contribution >= 0.6 is 13.5 Å². The molecule has 0 aliphatic heterocycles. The van der Waals surface area contributed by atoms with E-state index in [0.717, 1.165) is 32.7 Å². The van der Waals surface area contributed by atoms with E-state index in [1.165, 1.54) is 18.2 Å². The lowest BCUT2D eigenvalue weighted by molar-refractivity contribution is -0.128. The normalized spacial score (nSPS) is 11.3. The van der Waals surface area contributed by atoms with Crippen LogP contribution in [0.4, 0.5) is 10.5 Å². The number of ether oxygens (including phenoxy) is 3. The molecule has 4 N–H and O–H groups in total. The summed E-state index contributed by atoms with van der Waals surface area (Å²) in [6.07, 6.45) is 1.54. The maximum atomic E-state index is 13.5. The minimum atomic E-state index is -1.15. The van der Waals surface area contributed by atoms with E-state index in [4.69, 9.17) is 14.2 Å². The summed E-state index contributed by atoms with van der Waals surface area (Å²) in [5.41, 5.74) is 1.11. The molecule has 0 saturated heterocycles. The van der Waals surface area contributed by atoms with Crippen molar-refractivity contribution in [2.45, 2.75) is 52.7 Å². The zero-order chi connectivity index (χ0) is 38.0. The Balaban J connectivity index is 0.00000406. The highest BCUT2D eigenvalue weighted by Gasteiger charge is 2.24. The van der Waals surface area contributed by atoms with Crippen LogP contribution in [0.5, 0.6) is 11.5 Å². The predicted octanol–water partition coefficient (Wildman–Crippen LogP) is 8.48. The summed E-state index contributed by atoms with van der Waals surface area (Å²) in [7, 11) is 0. The van der Waals surface area contributed by atoms with Crippen LogP contribution in [0, 0.1) is 0 Å². The van der Waals surface area contributed by atoms with Crippen molar-refractivity contribution in [2.75, 3.05) is 25.1 Å². The molecule has 3 amide bonds. The number of amides is 3. The van der Waals surface area contributed by atoms with Crippen LogP contribution in [-0.2, 0) is 14.3 Å². The fraction of sp³-hybridized carbons (Fsp3) is 0.256. The smallest absolute Gasteiger partial charge is 0.407 e. The third-order valence-corrected chi connectivity index (χ3v) is 8.11. The van der Waals surface area contributed by atoms with Crippen molar-refractivity contribution in [1.82, 2.24) is 10.6 Å². The number of hydrogen-bond donors (Lipinski definition) is 4. The molecule has 5 rings (SSSR count). The minimum absolute atomic E-state index is 0. The fourth-order valence-corrected chi connectivity index (χ4v) is 5.83. The quantitative estimate of drug-likeness (QED) is 0.0612. The molecule has 5 aromatic rings. The topological polar surface area (TPSA) is 152 Å². The van der Waals surface area contributed by atoms with Gasteiger partial charge in [0.1, 0.15) is 29.7 Å². The standard InChI is InChI=1S/C42H43N3O8.CH4.H2S/c1-5-24-51-34-21-19-27-12-6-8-16-31(27)37(34)38-32-17-9-7-13-28(32)20-22-35(38)52-26-36(46)45-33(18-11-23-43-41(50)53-42(2,3)4)39(47)44-30-15-10-14-29(25-30)40(48)49;;/h5-10,12-17,19-22,25,33H,1,11,18,23-24,26H2,2-4H3,(H,43,50)(H,44,47)(H,45,46)(H,48,49);1H4;1H2/t33-;;/m1../s1. The molecule has 0 radical (unpaired) electrons. The number of carbonyl (C=O) groups is 4. The van der Waals surface area contributed by atoms with E-state index in [9.17, 15) is 24.3 Å². The highest BCUT2D eigenvalue weighted by Crippen LogP contribution is 2.45. The van der Waals surface area contributed by atoms with Gasteiger partial charge in [0.15, 0.2) is 6.61 Å². The largest absolute Gasteiger partial charge is 0.489 e. The summed E-state index contributed by atoms with van der Waals surface area (Å²) in [6.45, 7) is 9.10. The zero-order valence-corrected chi connectivity index (χ0v) is 31.4. The number of carbonyl (C=O) groups excluding carboxylic acids is 3. The van der Waals surface area contributed by atoms with Gasteiger partial charge in [-0.15, -0.1) is 0 Å². The molecule has 12 heteroatoms. The van der Waals surface area contributed by atoms with Crippen LogP contribution in [-0.4, -0.2) is 60.4 Å². The van der Waals surface area contributed by atoms with Gasteiger partial charge in [-0.3, -0.25) is 9.59 Å². The Hall–Kier alpha value is -6.01. The summed E-state index contributed by atoms with van der Waals surface area (Å²) < 4.78 is 17.7. The lowest BCUT2D eigenvalue weighted by Gasteiger charge is -2.21. The third-order valence-electron chi connectivity index (χ3n) is 8.11. The molecule has 0 saturated carbocycles. The number of aromatic carboxylic acids is 1. The van der Waals surface area contributed by atoms with Gasteiger partial charge in [0.25, 0.3) is 5.91 Å². The van der Waals surface area contributed by atoms with Crippen LogP contribution in [0.3, 0.4) is 0 Å². The number of carboxylic acids is 1. The van der Waals surface area contributed by atoms with E-state index in [1.807, 2.05) is 72.8 Å². The SMILES string of the molecule is C.C=CCOc1ccc2ccccc2c1-c1c(OCC(=O)N[C@H](CCCNC(=O)OC(C)(C)C)C(=O)Nc2cccc(C(=O)O)c2)ccc2ccccc12.S. The molecule has 0 bridgehead atoms. The highest BCUT2D eigenvalue weighted by atomic mass is 32.1. The van der Waals surface area contributed by atoms with Gasteiger partial charge in [0.2, 0.25) is 5.91 Å². The van der Waals surface area contributed by atoms with Gasteiger partial charge in [-0.2, -0.15) is 13.5 Å². The number of rotatable bonds is 15. The Kier molecular flexibility index (Phi) is 15.7. The number of alkyl carbamates (subject to hydrolysis) is 1. The summed E-state index contributed by atoms with van der Waals surface area (Å²) in [5, 5.41) is 21.3. The maximum Gasteiger partial charge on any atom is 0.407 e. The first-order valence-corrected chi connectivity index (χ1v) is 17.2. The molecule has 0 aromatic heterocycles. The summed E-state index contributed by atoms with van der Waals surface area (Å²) in [5.74, 6) is -1.22. The molecule has 0 aliphatic carbocycles. The number of fused-ring (bicyclic) bond motifs is 2. The van der Waals surface area contributed by atoms with Crippen LogP contribution in [0.25, 0.3) is 32.7 Å². The average molecular weight is 768 g/mol. The Labute approximate surface area is 328 Å². The van der Waals surface area contributed by atoms with Gasteiger partial charge in [-0.05, 0) is 85.5 Å². The molecule has 11 nitrogen and oxygen atoms in total. The number of nitrogens with one attached hydrogen (secondary N) is 3. The lowest BCUT2D eigenvalue weighted by atomic mass is 9.92. The molecule has 0 spiro atoms. The minimum Gasteiger partial charge on any atom is -0.489 e. The van der Waals surface area contributed by atoms with E-state index >= 15 is 0 Å². The van der Waals surface area contributed by atoms with Gasteiger partial charge >= 0.3 is 12.1 Å². The lowest BCUT2D eigenvalue weighted by Crippen LogP contribution is -2.46. The molecule has 55 heavy (non-hydrogen) atoms. The molecule has 5 aromatic carbocycles. The number of carboxylic acid groups (broad SMARTS) is 1. The first-order chi connectivity index (χ1) is 25.4. The van der Waals surface area contributed by atoms with Crippen LogP contribution < -0.4 is 25.4 Å². The molecule has 290 valence electrons. The van der Waals surface area contributed by atoms with Gasteiger partial charge < -0.3 is 35.3 Å². The molecule has 0 unspecified atom stereocenters. The highest BCUT2D eigenvalue weighted by molar-refractivity contribution is 7.59. The van der Waals surface area contributed by atoms with Crippen LogP contribution in [0.15, 0.2) is 110 Å². The molecule has 0 fully saturated rings. The Morgan fingerprint density at radius 3 is 2.00 bits per heavy atom. The van der Waals surface area contributed by atoms with E-state index < -0.39 is 42.1 Å². The number of anilines is 1. The first-order valence-electron chi connectivity index (χ1n) is 17.2. The predicted molar refractivity (Wildman–Crippen MR) is 223 cm³/mol. The third kappa shape index (κ3) is 11.7. The van der Waals surface area contributed by atoms with E-state index in [1.54, 1.807) is 32.9 Å². The summed E-state index contributed by atoms with van der Waals surface area (Å²) >= 11 is 0. The number of benzene rings is 5. The Morgan fingerprint density at radius 1 is 0.818 bits per heavy atom. The van der Waals surface area contributed by atoms with Crippen molar-refractivity contribution in [2.24, 2.45) is 0 Å². The second kappa shape index (κ2) is 19.9. The average Bonchev–Trinajstić information content (AvgIpc) is 3.13. The van der Waals surface area contributed by atoms with E-state index in [-0.39, 0.29) is 51.7 Å². The van der Waals surface area contributed by atoms with E-state index in [2.05, 4.69) is 22.5 Å². The fourth-order valence-electron chi connectivity index (χ4n) is 5.83. The molecular formula is C43H49N3O8S. The second-order valence-electron chi connectivity index (χ2n) is 13.3. The Bertz CT molecular complexity index is 2150. The van der Waals surface area contributed by atoms with Crippen molar-refractivity contribution in [3.8, 4) is 22.6 Å². The molecule has 0 aliphatic rings. The van der Waals surface area contributed by atoms with Crippen LogP contribution in [0.1, 0.15) is 51.4 Å². The van der Waals surface area contributed by atoms with Crippen molar-refractivity contribution in [1.29, 1.82) is 0 Å². The Morgan fingerprint density at radius 2 is 1.42 bits per heavy atom. The number of hydrogen-bond acceptors (Lipinski definition) is 7. The maximum absolute atomic E-state index is 13.5. The van der Waals surface area contributed by atoms with Crippen LogP contribution in [0.2, 0.25) is 0 Å². The summed E-state index contributed by atoms with van der Waals surface area (Å²) in [4.78, 5) is 50.7. The van der Waals surface area contributed by atoms with Crippen molar-refractivity contribution in [3.63, 3.8) is 0 Å². The second-order valence-corrected chi connectivity index (χ2v) is 13.3. The monoisotopic (exact) mass is 767 g/mol. The van der Waals surface area contributed by atoms with Gasteiger partial charge in [-0.25, -0.2) is 9.59 Å². The van der Waals surface area contributed by atoms with Gasteiger partial charge in [0, 0.05) is 23.4 Å².